The summed E-state index contributed by atoms with van der Waals surface area (Å²) in [6.07, 6.45) is 0.394. The highest BCUT2D eigenvalue weighted by Gasteiger charge is 2.34. The third kappa shape index (κ3) is 6.00. The molecule has 0 aromatic carbocycles. The summed E-state index contributed by atoms with van der Waals surface area (Å²) in [6, 6.07) is 0. The van der Waals surface area contributed by atoms with Crippen LogP contribution in [0.25, 0.3) is 0 Å². The Morgan fingerprint density at radius 1 is 1.28 bits per heavy atom. The van der Waals surface area contributed by atoms with Gasteiger partial charge in [0.15, 0.2) is 15.1 Å². The summed E-state index contributed by atoms with van der Waals surface area (Å²) in [6.45, 7) is 6.51. The Balaban J connectivity index is 4.83. The largest absolute Gasteiger partial charge is 0.480 e. The van der Waals surface area contributed by atoms with Gasteiger partial charge in [0.1, 0.15) is 11.4 Å². The Labute approximate surface area is 107 Å². The number of carboxylic acids is 1. The Kier molecular flexibility index (Phi) is 5.79. The van der Waals surface area contributed by atoms with Crippen LogP contribution in [-0.4, -0.2) is 42.1 Å². The number of sulfone groups is 1. The molecule has 18 heavy (non-hydrogen) atoms. The molecule has 0 saturated carbocycles. The zero-order valence-electron chi connectivity index (χ0n) is 11.1. The van der Waals surface area contributed by atoms with E-state index in [4.69, 9.17) is 9.84 Å². The molecule has 106 valence electrons. The van der Waals surface area contributed by atoms with E-state index in [-0.39, 0.29) is 6.42 Å². The summed E-state index contributed by atoms with van der Waals surface area (Å²) < 4.78 is 28.4. The highest BCUT2D eigenvalue weighted by molar-refractivity contribution is 7.93. The maximum Gasteiger partial charge on any atom is 0.321 e. The van der Waals surface area contributed by atoms with Gasteiger partial charge in [-0.05, 0) is 27.2 Å². The standard InChI is InChI=1S/C11H20O6S/c1-5-6-8(10(13)14)18(15,16)7-9(12)17-11(2,3)4/h8H,5-7H2,1-4H3,(H,13,14). The van der Waals surface area contributed by atoms with E-state index in [1.165, 1.54) is 0 Å². The molecule has 1 unspecified atom stereocenters. The maximum absolute atomic E-state index is 11.8. The van der Waals surface area contributed by atoms with Crippen LogP contribution in [0.3, 0.4) is 0 Å². The number of carbonyl (C=O) groups is 2. The van der Waals surface area contributed by atoms with Gasteiger partial charge in [-0.15, -0.1) is 0 Å². The van der Waals surface area contributed by atoms with Gasteiger partial charge in [-0.25, -0.2) is 8.42 Å². The van der Waals surface area contributed by atoms with Crippen LogP contribution >= 0.6 is 0 Å². The van der Waals surface area contributed by atoms with Crippen LogP contribution in [0.4, 0.5) is 0 Å². The molecule has 0 spiro atoms. The van der Waals surface area contributed by atoms with Crippen LogP contribution in [0, 0.1) is 0 Å². The first kappa shape index (κ1) is 16.9. The summed E-state index contributed by atoms with van der Waals surface area (Å²) >= 11 is 0. The fraction of sp³-hybridized carbons (Fsp3) is 0.818. The zero-order chi connectivity index (χ0) is 14.6. The molecule has 1 N–H and O–H groups in total. The Bertz CT molecular complexity index is 404. The number of carboxylic acid groups (broad SMARTS) is 1. The van der Waals surface area contributed by atoms with Crippen LogP contribution in [0.5, 0.6) is 0 Å². The van der Waals surface area contributed by atoms with E-state index in [2.05, 4.69) is 0 Å². The summed E-state index contributed by atoms with van der Waals surface area (Å²) in [5.41, 5.74) is -0.796. The van der Waals surface area contributed by atoms with Gasteiger partial charge in [0, 0.05) is 0 Å². The summed E-state index contributed by atoms with van der Waals surface area (Å²) in [4.78, 5) is 22.3. The second kappa shape index (κ2) is 6.17. The lowest BCUT2D eigenvalue weighted by molar-refractivity contribution is -0.151. The van der Waals surface area contributed by atoms with Crippen LogP contribution in [-0.2, 0) is 24.2 Å². The number of esters is 1. The van der Waals surface area contributed by atoms with E-state index in [0.717, 1.165) is 0 Å². The van der Waals surface area contributed by atoms with Gasteiger partial charge in [-0.3, -0.25) is 9.59 Å². The van der Waals surface area contributed by atoms with Gasteiger partial charge in [-0.2, -0.15) is 0 Å². The van der Waals surface area contributed by atoms with Crippen molar-refractivity contribution in [2.24, 2.45) is 0 Å². The smallest absolute Gasteiger partial charge is 0.321 e. The van der Waals surface area contributed by atoms with Gasteiger partial charge in [0.25, 0.3) is 0 Å². The van der Waals surface area contributed by atoms with Crippen molar-refractivity contribution in [1.29, 1.82) is 0 Å². The first-order valence-electron chi connectivity index (χ1n) is 5.66. The van der Waals surface area contributed by atoms with Crippen molar-refractivity contribution in [3.63, 3.8) is 0 Å². The SMILES string of the molecule is CCCC(C(=O)O)S(=O)(=O)CC(=O)OC(C)(C)C. The van der Waals surface area contributed by atoms with Gasteiger partial charge < -0.3 is 9.84 Å². The third-order valence-electron chi connectivity index (χ3n) is 2.00. The number of hydrogen-bond acceptors (Lipinski definition) is 5. The van der Waals surface area contributed by atoms with Crippen molar-refractivity contribution in [2.75, 3.05) is 5.75 Å². The molecule has 7 heteroatoms. The minimum Gasteiger partial charge on any atom is -0.480 e. The quantitative estimate of drug-likeness (QED) is 0.729. The second-order valence-electron chi connectivity index (χ2n) is 5.01. The van der Waals surface area contributed by atoms with Crippen LogP contribution in [0.2, 0.25) is 0 Å². The molecule has 0 bridgehead atoms. The second-order valence-corrected chi connectivity index (χ2v) is 7.19. The molecule has 0 heterocycles. The Morgan fingerprint density at radius 2 is 1.78 bits per heavy atom. The topological polar surface area (TPSA) is 97.7 Å². The number of ether oxygens (including phenoxy) is 1. The lowest BCUT2D eigenvalue weighted by Crippen LogP contribution is -2.36. The van der Waals surface area contributed by atoms with Gasteiger partial charge >= 0.3 is 11.9 Å². The number of aliphatic carboxylic acids is 1. The van der Waals surface area contributed by atoms with Crippen molar-refractivity contribution in [3.8, 4) is 0 Å². The fourth-order valence-electron chi connectivity index (χ4n) is 1.35. The van der Waals surface area contributed by atoms with E-state index in [0.29, 0.717) is 6.42 Å². The minimum absolute atomic E-state index is 0.0134. The van der Waals surface area contributed by atoms with E-state index >= 15 is 0 Å². The number of hydrogen-bond donors (Lipinski definition) is 1. The third-order valence-corrected chi connectivity index (χ3v) is 3.94. The van der Waals surface area contributed by atoms with E-state index in [1.807, 2.05) is 0 Å². The van der Waals surface area contributed by atoms with Crippen LogP contribution in [0.1, 0.15) is 40.5 Å². The lowest BCUT2D eigenvalue weighted by Gasteiger charge is -2.20. The molecule has 0 aliphatic carbocycles. The number of carbonyl (C=O) groups excluding carboxylic acids is 1. The summed E-state index contributed by atoms with van der Waals surface area (Å²) in [7, 11) is -4.03. The van der Waals surface area contributed by atoms with Crippen molar-refractivity contribution >= 4 is 21.8 Å². The van der Waals surface area contributed by atoms with Crippen molar-refractivity contribution < 1.29 is 27.9 Å². The molecule has 0 amide bonds. The highest BCUT2D eigenvalue weighted by atomic mass is 32.2. The zero-order valence-corrected chi connectivity index (χ0v) is 11.9. The van der Waals surface area contributed by atoms with Gasteiger partial charge in [0.05, 0.1) is 0 Å². The van der Waals surface area contributed by atoms with Gasteiger partial charge in [-0.1, -0.05) is 13.3 Å². The fourth-order valence-corrected chi connectivity index (χ4v) is 2.85. The predicted octanol–water partition coefficient (Wildman–Crippen LogP) is 0.996. The molecule has 0 radical (unpaired) electrons. The van der Waals surface area contributed by atoms with Crippen molar-refractivity contribution in [2.45, 2.75) is 51.4 Å². The predicted molar refractivity (Wildman–Crippen MR) is 66.0 cm³/mol. The van der Waals surface area contributed by atoms with E-state index in [9.17, 15) is 18.0 Å². The molecule has 0 aliphatic heterocycles. The van der Waals surface area contributed by atoms with Crippen molar-refractivity contribution in [3.05, 3.63) is 0 Å². The average molecular weight is 280 g/mol. The average Bonchev–Trinajstić information content (AvgIpc) is 2.08. The van der Waals surface area contributed by atoms with E-state index < -0.39 is 38.4 Å². The first-order chi connectivity index (χ1) is 7.99. The lowest BCUT2D eigenvalue weighted by atomic mass is 10.2. The van der Waals surface area contributed by atoms with Crippen molar-refractivity contribution in [1.82, 2.24) is 0 Å². The molecule has 1 atom stereocenters. The molecular formula is C11H20O6S. The Hall–Kier alpha value is -1.11. The van der Waals surface area contributed by atoms with Gasteiger partial charge in [0.2, 0.25) is 0 Å². The van der Waals surface area contributed by atoms with Crippen LogP contribution < -0.4 is 0 Å². The van der Waals surface area contributed by atoms with Crippen LogP contribution in [0.15, 0.2) is 0 Å². The molecule has 0 aromatic heterocycles. The molecule has 0 aliphatic rings. The molecular weight excluding hydrogens is 260 g/mol. The molecule has 0 aromatic rings. The molecule has 0 rings (SSSR count). The maximum atomic E-state index is 11.8. The number of rotatable bonds is 6. The molecule has 6 nitrogen and oxygen atoms in total. The molecule has 0 saturated heterocycles. The minimum atomic E-state index is -4.03. The molecule has 0 fully saturated rings. The highest BCUT2D eigenvalue weighted by Crippen LogP contribution is 2.13. The monoisotopic (exact) mass is 280 g/mol. The normalized spacial score (nSPS) is 14.0. The van der Waals surface area contributed by atoms with E-state index in [1.54, 1.807) is 27.7 Å². The summed E-state index contributed by atoms with van der Waals surface area (Å²) in [5, 5.41) is 7.31. The Morgan fingerprint density at radius 3 is 2.11 bits per heavy atom. The summed E-state index contributed by atoms with van der Waals surface area (Å²) in [5.74, 6) is -3.26. The first-order valence-corrected chi connectivity index (χ1v) is 7.37.